The molecule has 0 fully saturated rings. The van der Waals surface area contributed by atoms with Crippen molar-refractivity contribution in [3.05, 3.63) is 107 Å². The average molecular weight is 354 g/mol. The smallest absolute Gasteiger partial charge is 0.102 e. The topological polar surface area (TPSA) is 15.6 Å². The van der Waals surface area contributed by atoms with Crippen molar-refractivity contribution in [3.8, 4) is 0 Å². The van der Waals surface area contributed by atoms with Crippen molar-refractivity contribution in [3.63, 3.8) is 0 Å². The van der Waals surface area contributed by atoms with Gasteiger partial charge in [-0.05, 0) is 35.1 Å². The van der Waals surface area contributed by atoms with Crippen molar-refractivity contribution in [1.29, 1.82) is 0 Å². The van der Waals surface area contributed by atoms with Crippen LogP contribution in [0.25, 0.3) is 0 Å². The number of nitrogens with zero attached hydrogens (tertiary/aromatic N) is 2. The summed E-state index contributed by atoms with van der Waals surface area (Å²) in [5.41, 5.74) is 5.36. The molecule has 3 aromatic rings. The Labute approximate surface area is 162 Å². The molecule has 1 heterocycles. The second-order valence-corrected chi connectivity index (χ2v) is 7.25. The first-order valence-corrected chi connectivity index (χ1v) is 9.76. The maximum atomic E-state index is 5.24. The summed E-state index contributed by atoms with van der Waals surface area (Å²) in [6, 6.07) is 30.2. The second-order valence-electron chi connectivity index (χ2n) is 7.25. The minimum Gasteiger partial charge on any atom is -0.359 e. The highest BCUT2D eigenvalue weighted by molar-refractivity contribution is 5.83. The average Bonchev–Trinajstić information content (AvgIpc) is 2.86. The Hall–Kier alpha value is -2.87. The van der Waals surface area contributed by atoms with Crippen molar-refractivity contribution >= 4 is 5.84 Å². The molecule has 1 atom stereocenters. The fraction of sp³-hybridized carbons (Fsp3) is 0.240. The van der Waals surface area contributed by atoms with Crippen LogP contribution in [0.1, 0.15) is 41.1 Å². The van der Waals surface area contributed by atoms with Gasteiger partial charge < -0.3 is 4.90 Å². The van der Waals surface area contributed by atoms with Gasteiger partial charge >= 0.3 is 0 Å². The molecule has 0 saturated carbocycles. The van der Waals surface area contributed by atoms with Crippen molar-refractivity contribution in [1.82, 2.24) is 4.90 Å². The summed E-state index contributed by atoms with van der Waals surface area (Å²) in [7, 11) is 2.17. The number of hydrogen-bond donors (Lipinski definition) is 0. The molecular weight excluding hydrogens is 328 g/mol. The monoisotopic (exact) mass is 354 g/mol. The van der Waals surface area contributed by atoms with Gasteiger partial charge in [0.15, 0.2) is 0 Å². The molecule has 0 N–H and O–H groups in total. The van der Waals surface area contributed by atoms with Gasteiger partial charge in [0.2, 0.25) is 0 Å². The molecule has 3 aromatic carbocycles. The third-order valence-corrected chi connectivity index (χ3v) is 5.30. The lowest BCUT2D eigenvalue weighted by Gasteiger charge is -2.20. The van der Waals surface area contributed by atoms with Crippen molar-refractivity contribution in [2.45, 2.75) is 31.8 Å². The van der Waals surface area contributed by atoms with Crippen LogP contribution in [0, 0.1) is 0 Å². The summed E-state index contributed by atoms with van der Waals surface area (Å²) < 4.78 is 0. The van der Waals surface area contributed by atoms with E-state index in [0.29, 0.717) is 0 Å². The molecule has 1 aliphatic heterocycles. The lowest BCUT2D eigenvalue weighted by atomic mass is 9.95. The molecule has 0 unspecified atom stereocenters. The molecule has 27 heavy (non-hydrogen) atoms. The molecule has 0 radical (unpaired) electrons. The molecular formula is C25H26N2. The summed E-state index contributed by atoms with van der Waals surface area (Å²) in [6.07, 6.45) is 3.21. The van der Waals surface area contributed by atoms with Gasteiger partial charge in [-0.2, -0.15) is 0 Å². The van der Waals surface area contributed by atoms with Gasteiger partial charge in [0, 0.05) is 20.0 Å². The van der Waals surface area contributed by atoms with Crippen molar-refractivity contribution in [2.75, 3.05) is 7.05 Å². The fourth-order valence-corrected chi connectivity index (χ4v) is 3.85. The van der Waals surface area contributed by atoms with E-state index >= 15 is 0 Å². The third kappa shape index (κ3) is 4.11. The summed E-state index contributed by atoms with van der Waals surface area (Å²) in [5, 5.41) is 0. The molecule has 0 bridgehead atoms. The van der Waals surface area contributed by atoms with Crippen LogP contribution < -0.4 is 0 Å². The van der Waals surface area contributed by atoms with E-state index in [1.54, 1.807) is 0 Å². The minimum atomic E-state index is 0.0825. The number of aliphatic imine (C=N–C) groups is 1. The number of amidine groups is 1. The molecule has 4 rings (SSSR count). The van der Waals surface area contributed by atoms with E-state index in [1.807, 2.05) is 0 Å². The number of benzene rings is 3. The maximum Gasteiger partial charge on any atom is 0.102 e. The molecule has 0 saturated heterocycles. The Bertz CT molecular complexity index is 900. The van der Waals surface area contributed by atoms with E-state index in [2.05, 4.69) is 96.9 Å². The van der Waals surface area contributed by atoms with E-state index < -0.39 is 0 Å². The van der Waals surface area contributed by atoms with Crippen LogP contribution in [0.3, 0.4) is 0 Å². The first-order valence-electron chi connectivity index (χ1n) is 9.76. The lowest BCUT2D eigenvalue weighted by Crippen LogP contribution is -2.25. The van der Waals surface area contributed by atoms with Gasteiger partial charge in [0.05, 0.1) is 0 Å². The minimum absolute atomic E-state index is 0.0825. The Morgan fingerprint density at radius 1 is 0.815 bits per heavy atom. The van der Waals surface area contributed by atoms with Crippen LogP contribution in [0.5, 0.6) is 0 Å². The van der Waals surface area contributed by atoms with Crippen LogP contribution in [0.15, 0.2) is 89.9 Å². The van der Waals surface area contributed by atoms with Crippen LogP contribution in [0.2, 0.25) is 0 Å². The highest BCUT2D eigenvalue weighted by Gasteiger charge is 2.22. The van der Waals surface area contributed by atoms with Crippen molar-refractivity contribution in [2.24, 2.45) is 4.99 Å². The van der Waals surface area contributed by atoms with Gasteiger partial charge in [-0.1, -0.05) is 84.9 Å². The maximum absolute atomic E-state index is 5.24. The molecule has 0 aromatic heterocycles. The molecule has 1 aliphatic rings. The van der Waals surface area contributed by atoms with Crippen LogP contribution in [0.4, 0.5) is 0 Å². The van der Waals surface area contributed by atoms with Gasteiger partial charge in [0.25, 0.3) is 0 Å². The third-order valence-electron chi connectivity index (χ3n) is 5.30. The fourth-order valence-electron chi connectivity index (χ4n) is 3.85. The number of aryl methyl sites for hydroxylation is 1. The number of fused-ring (bicyclic) bond motifs is 1. The first-order chi connectivity index (χ1) is 13.3. The van der Waals surface area contributed by atoms with E-state index in [4.69, 9.17) is 4.99 Å². The Morgan fingerprint density at radius 3 is 2.26 bits per heavy atom. The number of hydrogen-bond acceptors (Lipinski definition) is 2. The van der Waals surface area contributed by atoms with Crippen molar-refractivity contribution < 1.29 is 0 Å². The van der Waals surface area contributed by atoms with Crippen LogP contribution >= 0.6 is 0 Å². The molecule has 0 aliphatic carbocycles. The standard InChI is InChI=1S/C25H26N2/c1-27-19-22-16-8-9-17-23(22)25(21-14-6-3-7-15-21)26-24(27)18-10-13-20-11-4-2-5-12-20/h2-9,11-12,14-17,25H,10,13,18-19H2,1H3/t25-/m1/s1. The summed E-state index contributed by atoms with van der Waals surface area (Å²) in [6.45, 7) is 0.920. The summed E-state index contributed by atoms with van der Waals surface area (Å²) in [4.78, 5) is 7.57. The zero-order valence-electron chi connectivity index (χ0n) is 15.9. The molecule has 0 amide bonds. The summed E-state index contributed by atoms with van der Waals surface area (Å²) >= 11 is 0. The predicted octanol–water partition coefficient (Wildman–Crippen LogP) is 5.64. The van der Waals surface area contributed by atoms with Gasteiger partial charge in [-0.15, -0.1) is 0 Å². The zero-order valence-corrected chi connectivity index (χ0v) is 15.9. The van der Waals surface area contributed by atoms with Crippen LogP contribution in [-0.4, -0.2) is 17.8 Å². The molecule has 0 spiro atoms. The molecule has 2 heteroatoms. The lowest BCUT2D eigenvalue weighted by molar-refractivity contribution is 0.488. The Kier molecular flexibility index (Phi) is 5.34. The molecule has 136 valence electrons. The highest BCUT2D eigenvalue weighted by atomic mass is 15.2. The first kappa shape index (κ1) is 17.5. The normalized spacial score (nSPS) is 16.4. The second kappa shape index (κ2) is 8.22. The largest absolute Gasteiger partial charge is 0.359 e. The van der Waals surface area contributed by atoms with Gasteiger partial charge in [-0.25, -0.2) is 0 Å². The van der Waals surface area contributed by atoms with E-state index in [0.717, 1.165) is 25.8 Å². The molecule has 2 nitrogen and oxygen atoms in total. The Balaban J connectivity index is 1.60. The number of rotatable bonds is 5. The van der Waals surface area contributed by atoms with Crippen LogP contribution in [-0.2, 0) is 13.0 Å². The summed E-state index contributed by atoms with van der Waals surface area (Å²) in [5.74, 6) is 1.20. The van der Waals surface area contributed by atoms with E-state index in [1.165, 1.54) is 28.1 Å². The predicted molar refractivity (Wildman–Crippen MR) is 113 cm³/mol. The SMILES string of the molecule is CN1Cc2ccccc2[C@@H](c2ccccc2)N=C1CCCc1ccccc1. The van der Waals surface area contributed by atoms with E-state index in [-0.39, 0.29) is 6.04 Å². The zero-order chi connectivity index (χ0) is 18.5. The Morgan fingerprint density at radius 2 is 1.48 bits per heavy atom. The van der Waals surface area contributed by atoms with Gasteiger partial charge in [0.1, 0.15) is 11.9 Å². The quantitative estimate of drug-likeness (QED) is 0.579. The van der Waals surface area contributed by atoms with Gasteiger partial charge in [-0.3, -0.25) is 4.99 Å². The highest BCUT2D eigenvalue weighted by Crippen LogP contribution is 2.32. The van der Waals surface area contributed by atoms with E-state index in [9.17, 15) is 0 Å².